The minimum atomic E-state index is 0.587. The third kappa shape index (κ3) is 2.68. The first kappa shape index (κ1) is 11.5. The summed E-state index contributed by atoms with van der Waals surface area (Å²) < 4.78 is 0. The molecule has 0 atom stereocenters. The van der Waals surface area contributed by atoms with Gasteiger partial charge >= 0.3 is 0 Å². The molecule has 0 aliphatic carbocycles. The summed E-state index contributed by atoms with van der Waals surface area (Å²) >= 11 is 0. The summed E-state index contributed by atoms with van der Waals surface area (Å²) in [7, 11) is 7.56. The minimum Gasteiger partial charge on any atom is -0.357 e. The van der Waals surface area contributed by atoms with Crippen LogP contribution in [0.3, 0.4) is 0 Å². The summed E-state index contributed by atoms with van der Waals surface area (Å²) in [6, 6.07) is 0. The molecule has 15 heavy (non-hydrogen) atoms. The normalized spacial score (nSPS) is 9.93. The van der Waals surface area contributed by atoms with E-state index in [1.54, 1.807) is 7.05 Å². The van der Waals surface area contributed by atoms with Crippen LogP contribution in [-0.4, -0.2) is 49.7 Å². The maximum atomic E-state index is 4.34. The Bertz CT molecular complexity index is 324. The van der Waals surface area contributed by atoms with Crippen molar-refractivity contribution in [3.05, 3.63) is 0 Å². The lowest BCUT2D eigenvalue weighted by Crippen LogP contribution is -2.22. The van der Waals surface area contributed by atoms with E-state index in [1.165, 1.54) is 0 Å². The summed E-state index contributed by atoms with van der Waals surface area (Å²) in [6.07, 6.45) is 0. The summed E-state index contributed by atoms with van der Waals surface area (Å²) in [5.74, 6) is 1.93. The minimum absolute atomic E-state index is 0.587. The standard InChI is InChI=1S/C9H18N6/c1-6-15(5)9-12-7(10-2)11-8(13-9)14(3)4/h6H2,1-5H3,(H,10,11,12,13). The van der Waals surface area contributed by atoms with Gasteiger partial charge in [0.15, 0.2) is 0 Å². The van der Waals surface area contributed by atoms with Gasteiger partial charge in [-0.2, -0.15) is 15.0 Å². The highest BCUT2D eigenvalue weighted by atomic mass is 15.3. The first-order valence-electron chi connectivity index (χ1n) is 4.90. The highest BCUT2D eigenvalue weighted by Gasteiger charge is 2.09. The molecular weight excluding hydrogens is 192 g/mol. The fourth-order valence-electron chi connectivity index (χ4n) is 0.978. The quantitative estimate of drug-likeness (QED) is 0.778. The number of hydrogen-bond acceptors (Lipinski definition) is 6. The molecule has 0 aliphatic heterocycles. The van der Waals surface area contributed by atoms with Gasteiger partial charge in [-0.3, -0.25) is 0 Å². The number of rotatable bonds is 4. The van der Waals surface area contributed by atoms with Crippen LogP contribution in [0.15, 0.2) is 0 Å². The summed E-state index contributed by atoms with van der Waals surface area (Å²) in [5.41, 5.74) is 0. The lowest BCUT2D eigenvalue weighted by molar-refractivity contribution is 0.869. The SMILES string of the molecule is CCN(C)c1nc(NC)nc(N(C)C)n1. The molecular formula is C9H18N6. The van der Waals surface area contributed by atoms with Crippen molar-refractivity contribution in [1.82, 2.24) is 15.0 Å². The summed E-state index contributed by atoms with van der Waals surface area (Å²) in [6.45, 7) is 2.91. The fourth-order valence-corrected chi connectivity index (χ4v) is 0.978. The van der Waals surface area contributed by atoms with Gasteiger partial charge in [0.25, 0.3) is 0 Å². The van der Waals surface area contributed by atoms with Gasteiger partial charge in [0, 0.05) is 34.7 Å². The maximum Gasteiger partial charge on any atom is 0.231 e. The topological polar surface area (TPSA) is 57.2 Å². The van der Waals surface area contributed by atoms with E-state index in [4.69, 9.17) is 0 Å². The molecule has 0 unspecified atom stereocenters. The van der Waals surface area contributed by atoms with Crippen LogP contribution in [0.4, 0.5) is 17.8 Å². The Hall–Kier alpha value is -1.59. The van der Waals surface area contributed by atoms with Crippen LogP contribution in [0.5, 0.6) is 0 Å². The van der Waals surface area contributed by atoms with Gasteiger partial charge in [-0.15, -0.1) is 0 Å². The van der Waals surface area contributed by atoms with Gasteiger partial charge in [-0.1, -0.05) is 0 Å². The molecule has 0 bridgehead atoms. The van der Waals surface area contributed by atoms with E-state index >= 15 is 0 Å². The van der Waals surface area contributed by atoms with E-state index < -0.39 is 0 Å². The Labute approximate surface area is 90.3 Å². The van der Waals surface area contributed by atoms with Gasteiger partial charge in [0.05, 0.1) is 0 Å². The van der Waals surface area contributed by atoms with Gasteiger partial charge in [0.2, 0.25) is 17.8 Å². The van der Waals surface area contributed by atoms with Crippen molar-refractivity contribution in [1.29, 1.82) is 0 Å². The van der Waals surface area contributed by atoms with Crippen molar-refractivity contribution >= 4 is 17.8 Å². The molecule has 0 radical (unpaired) electrons. The second kappa shape index (κ2) is 4.77. The molecule has 0 saturated heterocycles. The molecule has 0 amide bonds. The second-order valence-electron chi connectivity index (χ2n) is 3.42. The first-order chi connectivity index (χ1) is 7.08. The van der Waals surface area contributed by atoms with E-state index in [-0.39, 0.29) is 0 Å². The predicted molar refractivity (Wildman–Crippen MR) is 62.6 cm³/mol. The third-order valence-electron chi connectivity index (χ3n) is 2.05. The second-order valence-corrected chi connectivity index (χ2v) is 3.42. The Morgan fingerprint density at radius 1 is 1.07 bits per heavy atom. The van der Waals surface area contributed by atoms with Crippen LogP contribution in [0.1, 0.15) is 6.92 Å². The Morgan fingerprint density at radius 2 is 1.67 bits per heavy atom. The first-order valence-corrected chi connectivity index (χ1v) is 4.90. The molecule has 0 fully saturated rings. The van der Waals surface area contributed by atoms with Gasteiger partial charge in [-0.05, 0) is 6.92 Å². The largest absolute Gasteiger partial charge is 0.357 e. The smallest absolute Gasteiger partial charge is 0.231 e. The van der Waals surface area contributed by atoms with Crippen LogP contribution in [0.2, 0.25) is 0 Å². The van der Waals surface area contributed by atoms with Crippen LogP contribution in [-0.2, 0) is 0 Å². The van der Waals surface area contributed by atoms with E-state index in [0.717, 1.165) is 6.54 Å². The molecule has 1 aromatic rings. The number of aromatic nitrogens is 3. The molecule has 6 nitrogen and oxygen atoms in total. The number of nitrogens with zero attached hydrogens (tertiary/aromatic N) is 5. The molecule has 1 N–H and O–H groups in total. The van der Waals surface area contributed by atoms with Gasteiger partial charge < -0.3 is 15.1 Å². The lowest BCUT2D eigenvalue weighted by atomic mass is 10.6. The highest BCUT2D eigenvalue weighted by molar-refractivity contribution is 5.43. The van der Waals surface area contributed by atoms with Crippen LogP contribution >= 0.6 is 0 Å². The molecule has 0 aromatic carbocycles. The molecule has 1 heterocycles. The monoisotopic (exact) mass is 210 g/mol. The van der Waals surface area contributed by atoms with Crippen molar-refractivity contribution in [2.24, 2.45) is 0 Å². The number of hydrogen-bond donors (Lipinski definition) is 1. The predicted octanol–water partition coefficient (Wildman–Crippen LogP) is 0.435. The number of anilines is 3. The maximum absolute atomic E-state index is 4.34. The van der Waals surface area contributed by atoms with Crippen molar-refractivity contribution in [3.8, 4) is 0 Å². The molecule has 0 saturated carbocycles. The van der Waals surface area contributed by atoms with Crippen molar-refractivity contribution in [2.45, 2.75) is 6.92 Å². The lowest BCUT2D eigenvalue weighted by Gasteiger charge is -2.17. The molecule has 0 spiro atoms. The Morgan fingerprint density at radius 3 is 2.13 bits per heavy atom. The number of nitrogens with one attached hydrogen (secondary N) is 1. The van der Waals surface area contributed by atoms with E-state index in [1.807, 2.05) is 30.9 Å². The summed E-state index contributed by atoms with van der Waals surface area (Å²) in [4.78, 5) is 16.7. The van der Waals surface area contributed by atoms with E-state index in [9.17, 15) is 0 Å². The molecule has 1 aromatic heterocycles. The van der Waals surface area contributed by atoms with Crippen molar-refractivity contribution in [2.75, 3.05) is 49.9 Å². The fraction of sp³-hybridized carbons (Fsp3) is 0.667. The highest BCUT2D eigenvalue weighted by Crippen LogP contribution is 2.13. The van der Waals surface area contributed by atoms with Crippen LogP contribution in [0, 0.1) is 0 Å². The van der Waals surface area contributed by atoms with Gasteiger partial charge in [-0.25, -0.2) is 0 Å². The van der Waals surface area contributed by atoms with E-state index in [2.05, 4.69) is 27.2 Å². The zero-order valence-corrected chi connectivity index (χ0v) is 9.94. The molecule has 0 aliphatic rings. The Kier molecular flexibility index (Phi) is 3.65. The Balaban J connectivity index is 3.11. The van der Waals surface area contributed by atoms with Crippen LogP contribution in [0.25, 0.3) is 0 Å². The summed E-state index contributed by atoms with van der Waals surface area (Å²) in [5, 5.41) is 2.93. The zero-order valence-electron chi connectivity index (χ0n) is 9.94. The third-order valence-corrected chi connectivity index (χ3v) is 2.05. The van der Waals surface area contributed by atoms with Crippen molar-refractivity contribution in [3.63, 3.8) is 0 Å². The molecule has 84 valence electrons. The average molecular weight is 210 g/mol. The van der Waals surface area contributed by atoms with E-state index in [0.29, 0.717) is 17.8 Å². The van der Waals surface area contributed by atoms with Crippen molar-refractivity contribution < 1.29 is 0 Å². The molecule has 6 heteroatoms. The van der Waals surface area contributed by atoms with Crippen LogP contribution < -0.4 is 15.1 Å². The average Bonchev–Trinajstić information content (AvgIpc) is 2.27. The molecule has 1 rings (SSSR count). The zero-order chi connectivity index (χ0) is 11.4. The van der Waals surface area contributed by atoms with Gasteiger partial charge in [0.1, 0.15) is 0 Å².